The molecule has 0 N–H and O–H groups in total. The largest absolute Gasteiger partial charge is 0.472 e. The SMILES string of the molecule is Cl.c1cncc(-c2csc3cc(-c4ccoc4)ccc23)c1. The molecule has 0 unspecified atom stereocenters. The van der Waals surface area contributed by atoms with Crippen LogP contribution in [0.2, 0.25) is 0 Å². The van der Waals surface area contributed by atoms with E-state index in [1.807, 2.05) is 18.3 Å². The number of thiophene rings is 1. The van der Waals surface area contributed by atoms with Crippen LogP contribution < -0.4 is 0 Å². The molecule has 0 amide bonds. The van der Waals surface area contributed by atoms with Crippen molar-refractivity contribution >= 4 is 33.8 Å². The van der Waals surface area contributed by atoms with E-state index in [9.17, 15) is 0 Å². The fourth-order valence-electron chi connectivity index (χ4n) is 2.38. The lowest BCUT2D eigenvalue weighted by Crippen LogP contribution is -1.78. The lowest BCUT2D eigenvalue weighted by molar-refractivity contribution is 0.568. The minimum absolute atomic E-state index is 0. The molecule has 4 rings (SSSR count). The molecule has 0 atom stereocenters. The second-order valence-corrected chi connectivity index (χ2v) is 5.53. The molecule has 1 aromatic carbocycles. The topological polar surface area (TPSA) is 26.0 Å². The van der Waals surface area contributed by atoms with Gasteiger partial charge in [-0.3, -0.25) is 4.98 Å². The molecule has 0 fully saturated rings. The molecule has 0 aliphatic carbocycles. The number of nitrogens with zero attached hydrogens (tertiary/aromatic N) is 1. The van der Waals surface area contributed by atoms with Gasteiger partial charge in [0.1, 0.15) is 0 Å². The van der Waals surface area contributed by atoms with Crippen molar-refractivity contribution < 1.29 is 4.42 Å². The maximum Gasteiger partial charge on any atom is 0.0980 e. The summed E-state index contributed by atoms with van der Waals surface area (Å²) in [6.07, 6.45) is 7.19. The van der Waals surface area contributed by atoms with Crippen molar-refractivity contribution in [2.45, 2.75) is 0 Å². The molecule has 0 aliphatic rings. The highest BCUT2D eigenvalue weighted by atomic mass is 35.5. The maximum atomic E-state index is 5.15. The molecule has 0 aliphatic heterocycles. The molecular formula is C17H12ClNOS. The molecule has 4 aromatic rings. The van der Waals surface area contributed by atoms with Crippen molar-refractivity contribution in [2.24, 2.45) is 0 Å². The Morgan fingerprint density at radius 2 is 1.95 bits per heavy atom. The zero-order chi connectivity index (χ0) is 13.4. The van der Waals surface area contributed by atoms with Crippen LogP contribution in [-0.2, 0) is 0 Å². The van der Waals surface area contributed by atoms with Gasteiger partial charge in [-0.05, 0) is 29.1 Å². The number of furan rings is 1. The van der Waals surface area contributed by atoms with Crippen LogP contribution in [0.5, 0.6) is 0 Å². The summed E-state index contributed by atoms with van der Waals surface area (Å²) in [6.45, 7) is 0. The van der Waals surface area contributed by atoms with E-state index in [0.717, 1.165) is 11.1 Å². The second-order valence-electron chi connectivity index (χ2n) is 4.61. The van der Waals surface area contributed by atoms with Crippen LogP contribution in [0.1, 0.15) is 0 Å². The molecule has 3 aromatic heterocycles. The van der Waals surface area contributed by atoms with Crippen LogP contribution in [-0.4, -0.2) is 4.98 Å². The summed E-state index contributed by atoms with van der Waals surface area (Å²) in [5.74, 6) is 0. The van der Waals surface area contributed by atoms with E-state index in [2.05, 4.69) is 34.6 Å². The third-order valence-electron chi connectivity index (χ3n) is 3.40. The van der Waals surface area contributed by atoms with Crippen LogP contribution in [0, 0.1) is 0 Å². The molecule has 0 saturated heterocycles. The third kappa shape index (κ3) is 2.46. The minimum Gasteiger partial charge on any atom is -0.472 e. The number of aromatic nitrogens is 1. The number of rotatable bonds is 2. The van der Waals surface area contributed by atoms with Crippen molar-refractivity contribution in [3.63, 3.8) is 0 Å². The molecular weight excluding hydrogens is 302 g/mol. The van der Waals surface area contributed by atoms with Crippen molar-refractivity contribution in [3.05, 3.63) is 66.7 Å². The Hall–Kier alpha value is -2.10. The highest BCUT2D eigenvalue weighted by Gasteiger charge is 2.08. The van der Waals surface area contributed by atoms with Gasteiger partial charge in [0.15, 0.2) is 0 Å². The first-order valence-electron chi connectivity index (χ1n) is 6.36. The van der Waals surface area contributed by atoms with Gasteiger partial charge in [0.25, 0.3) is 0 Å². The van der Waals surface area contributed by atoms with E-state index in [1.165, 1.54) is 21.2 Å². The lowest BCUT2D eigenvalue weighted by Gasteiger charge is -2.01. The molecule has 0 saturated carbocycles. The van der Waals surface area contributed by atoms with Gasteiger partial charge in [0.05, 0.1) is 12.5 Å². The summed E-state index contributed by atoms with van der Waals surface area (Å²) in [7, 11) is 0. The van der Waals surface area contributed by atoms with E-state index >= 15 is 0 Å². The van der Waals surface area contributed by atoms with E-state index in [0.29, 0.717) is 0 Å². The Labute approximate surface area is 132 Å². The smallest absolute Gasteiger partial charge is 0.0980 e. The fraction of sp³-hybridized carbons (Fsp3) is 0. The first-order chi connectivity index (χ1) is 9.92. The second kappa shape index (κ2) is 5.72. The molecule has 104 valence electrons. The zero-order valence-corrected chi connectivity index (χ0v) is 12.7. The molecule has 0 radical (unpaired) electrons. The number of benzene rings is 1. The monoisotopic (exact) mass is 313 g/mol. The maximum absolute atomic E-state index is 5.15. The summed E-state index contributed by atoms with van der Waals surface area (Å²) in [6, 6.07) is 12.6. The van der Waals surface area contributed by atoms with E-state index in [4.69, 9.17) is 4.42 Å². The van der Waals surface area contributed by atoms with Crippen LogP contribution in [0.25, 0.3) is 32.3 Å². The summed E-state index contributed by atoms with van der Waals surface area (Å²) in [4.78, 5) is 4.20. The van der Waals surface area contributed by atoms with Crippen LogP contribution in [0.3, 0.4) is 0 Å². The van der Waals surface area contributed by atoms with E-state index in [-0.39, 0.29) is 12.4 Å². The van der Waals surface area contributed by atoms with Gasteiger partial charge in [0.2, 0.25) is 0 Å². The van der Waals surface area contributed by atoms with Crippen LogP contribution in [0.4, 0.5) is 0 Å². The number of hydrogen-bond acceptors (Lipinski definition) is 3. The third-order valence-corrected chi connectivity index (χ3v) is 4.35. The number of hydrogen-bond donors (Lipinski definition) is 0. The van der Waals surface area contributed by atoms with Crippen molar-refractivity contribution in [2.75, 3.05) is 0 Å². The summed E-state index contributed by atoms with van der Waals surface area (Å²) in [5.41, 5.74) is 4.71. The number of halogens is 1. The molecule has 3 heterocycles. The van der Waals surface area contributed by atoms with Gasteiger partial charge in [-0.2, -0.15) is 0 Å². The Kier molecular flexibility index (Phi) is 3.78. The Morgan fingerprint density at radius 1 is 1.00 bits per heavy atom. The summed E-state index contributed by atoms with van der Waals surface area (Å²) >= 11 is 1.76. The molecule has 2 nitrogen and oxygen atoms in total. The highest BCUT2D eigenvalue weighted by molar-refractivity contribution is 7.17. The molecule has 0 bridgehead atoms. The van der Waals surface area contributed by atoms with Crippen LogP contribution in [0.15, 0.2) is 71.1 Å². The standard InChI is InChI=1S/C17H11NOS.ClH/c1-2-13(9-18-6-1)16-11-20-17-8-12(3-4-15(16)17)14-5-7-19-10-14;/h1-11H;1H. The molecule has 21 heavy (non-hydrogen) atoms. The van der Waals surface area contributed by atoms with Gasteiger partial charge in [-0.25, -0.2) is 0 Å². The number of fused-ring (bicyclic) bond motifs is 1. The predicted molar refractivity (Wildman–Crippen MR) is 90.0 cm³/mol. The first-order valence-corrected chi connectivity index (χ1v) is 7.24. The van der Waals surface area contributed by atoms with Crippen molar-refractivity contribution in [1.29, 1.82) is 0 Å². The fourth-order valence-corrected chi connectivity index (χ4v) is 3.39. The summed E-state index contributed by atoms with van der Waals surface area (Å²) < 4.78 is 6.43. The van der Waals surface area contributed by atoms with Gasteiger partial charge in [0, 0.05) is 39.2 Å². The Bertz CT molecular complexity index is 853. The minimum atomic E-state index is 0. The summed E-state index contributed by atoms with van der Waals surface area (Å²) in [5, 5.41) is 3.47. The highest BCUT2D eigenvalue weighted by Crippen LogP contribution is 2.36. The average molecular weight is 314 g/mol. The Morgan fingerprint density at radius 3 is 2.71 bits per heavy atom. The first kappa shape index (κ1) is 13.9. The van der Waals surface area contributed by atoms with E-state index in [1.54, 1.807) is 30.1 Å². The van der Waals surface area contributed by atoms with Gasteiger partial charge < -0.3 is 4.42 Å². The van der Waals surface area contributed by atoms with Crippen molar-refractivity contribution in [3.8, 4) is 22.3 Å². The van der Waals surface area contributed by atoms with E-state index < -0.39 is 0 Å². The van der Waals surface area contributed by atoms with Gasteiger partial charge in [-0.15, -0.1) is 23.7 Å². The van der Waals surface area contributed by atoms with Gasteiger partial charge in [-0.1, -0.05) is 18.2 Å². The normalized spacial score (nSPS) is 10.5. The quantitative estimate of drug-likeness (QED) is 0.478. The lowest BCUT2D eigenvalue weighted by atomic mass is 10.0. The zero-order valence-electron chi connectivity index (χ0n) is 11.0. The van der Waals surface area contributed by atoms with Crippen LogP contribution >= 0.6 is 23.7 Å². The van der Waals surface area contributed by atoms with Crippen molar-refractivity contribution in [1.82, 2.24) is 4.98 Å². The predicted octanol–water partition coefficient (Wildman–Crippen LogP) is 5.65. The average Bonchev–Trinajstić information content (AvgIpc) is 3.17. The Balaban J connectivity index is 0.00000132. The molecule has 4 heteroatoms. The molecule has 0 spiro atoms. The number of pyridine rings is 1. The van der Waals surface area contributed by atoms with Gasteiger partial charge >= 0.3 is 0 Å².